The molecule has 2 aromatic rings. The van der Waals surface area contributed by atoms with Gasteiger partial charge in [-0.15, -0.1) is 0 Å². The van der Waals surface area contributed by atoms with Gasteiger partial charge in [-0.25, -0.2) is 0 Å². The van der Waals surface area contributed by atoms with Gasteiger partial charge in [0.25, 0.3) is 0 Å². The van der Waals surface area contributed by atoms with Gasteiger partial charge in [0.1, 0.15) is 0 Å². The lowest BCUT2D eigenvalue weighted by atomic mass is 9.24. The lowest BCUT2D eigenvalue weighted by molar-refractivity contribution is -0.275. The summed E-state index contributed by atoms with van der Waals surface area (Å²) in [6, 6.07) is 23.8. The van der Waals surface area contributed by atoms with E-state index in [4.69, 9.17) is 0 Å². The van der Waals surface area contributed by atoms with E-state index in [-0.39, 0.29) is 0 Å². The minimum atomic E-state index is 0.393. The Labute approximate surface area is 219 Å². The summed E-state index contributed by atoms with van der Waals surface area (Å²) >= 11 is 0. The molecule has 36 heavy (non-hydrogen) atoms. The molecule has 0 heterocycles. The van der Waals surface area contributed by atoms with Crippen molar-refractivity contribution >= 4 is 0 Å². The van der Waals surface area contributed by atoms with Gasteiger partial charge in [-0.3, -0.25) is 0 Å². The molecule has 4 unspecified atom stereocenters. The number of benzene rings is 2. The van der Waals surface area contributed by atoms with Crippen LogP contribution in [-0.4, -0.2) is 0 Å². The monoisotopic (exact) mass is 478 g/mol. The maximum atomic E-state index is 2.71. The van der Waals surface area contributed by atoms with Crippen molar-refractivity contribution in [3.63, 3.8) is 0 Å². The fourth-order valence-electron chi connectivity index (χ4n) is 14.7. The summed E-state index contributed by atoms with van der Waals surface area (Å²) in [5.74, 6) is 0. The number of hydrogen-bond donors (Lipinski definition) is 0. The third-order valence-electron chi connectivity index (χ3n) is 13.1. The van der Waals surface area contributed by atoms with Crippen LogP contribution in [0.25, 0.3) is 0 Å². The van der Waals surface area contributed by atoms with Gasteiger partial charge in [0.2, 0.25) is 0 Å². The zero-order chi connectivity index (χ0) is 24.7. The van der Waals surface area contributed by atoms with Crippen molar-refractivity contribution in [1.82, 2.24) is 0 Å². The van der Waals surface area contributed by atoms with E-state index in [1.165, 1.54) is 77.0 Å². The maximum Gasteiger partial charge on any atom is -0.00311 e. The second kappa shape index (κ2) is 6.35. The topological polar surface area (TPSA) is 0 Å². The van der Waals surface area contributed by atoms with Crippen molar-refractivity contribution < 1.29 is 0 Å². The summed E-state index contributed by atoms with van der Waals surface area (Å²) in [5.41, 5.74) is 7.16. The first-order valence-electron chi connectivity index (χ1n) is 15.1. The van der Waals surface area contributed by atoms with Crippen molar-refractivity contribution in [2.45, 2.75) is 116 Å². The Hall–Kier alpha value is -1.56. The molecule has 0 heteroatoms. The number of rotatable bonds is 3. The second-order valence-corrected chi connectivity index (χ2v) is 17.2. The molecule has 0 aromatic heterocycles. The van der Waals surface area contributed by atoms with Gasteiger partial charge in [-0.1, -0.05) is 88.4 Å². The Morgan fingerprint density at radius 1 is 0.361 bits per heavy atom. The molecule has 0 aliphatic heterocycles. The van der Waals surface area contributed by atoms with E-state index in [1.807, 2.05) is 0 Å². The van der Waals surface area contributed by atoms with Crippen LogP contribution in [0.3, 0.4) is 0 Å². The molecule has 0 spiro atoms. The van der Waals surface area contributed by atoms with E-state index < -0.39 is 0 Å². The van der Waals surface area contributed by atoms with Crippen molar-refractivity contribution in [3.05, 3.63) is 71.8 Å². The molecule has 0 nitrogen and oxygen atoms in total. The summed E-state index contributed by atoms with van der Waals surface area (Å²) in [6.45, 7) is 10.9. The average Bonchev–Trinajstić information content (AvgIpc) is 2.76. The molecule has 0 saturated heterocycles. The van der Waals surface area contributed by atoms with Crippen LogP contribution in [-0.2, 0) is 10.8 Å². The van der Waals surface area contributed by atoms with Gasteiger partial charge in [0, 0.05) is 0 Å². The summed E-state index contributed by atoms with van der Waals surface area (Å²) in [7, 11) is 0. The molecule has 10 rings (SSSR count). The SMILES string of the molecule is CC12CC3(C)CC(c4ccccc4)(C1)CC(C14CC5(C)CC(C)(CC(c6ccccc6)(C5)C1)C4)(C2)C3. The molecule has 190 valence electrons. The van der Waals surface area contributed by atoms with Crippen molar-refractivity contribution in [2.24, 2.45) is 32.5 Å². The first-order chi connectivity index (χ1) is 16.9. The van der Waals surface area contributed by atoms with E-state index in [2.05, 4.69) is 88.4 Å². The van der Waals surface area contributed by atoms with Crippen LogP contribution in [0.2, 0.25) is 0 Å². The quantitative estimate of drug-likeness (QED) is 0.412. The predicted molar refractivity (Wildman–Crippen MR) is 149 cm³/mol. The van der Waals surface area contributed by atoms with Crippen molar-refractivity contribution in [2.75, 3.05) is 0 Å². The third-order valence-corrected chi connectivity index (χ3v) is 13.1. The highest BCUT2D eigenvalue weighted by molar-refractivity contribution is 5.38. The normalized spacial score (nSPS) is 54.2. The minimum absolute atomic E-state index is 0.393. The molecule has 8 bridgehead atoms. The molecular weight excluding hydrogens is 432 g/mol. The summed E-state index contributed by atoms with van der Waals surface area (Å²) in [4.78, 5) is 0. The highest BCUT2D eigenvalue weighted by atomic mass is 14.8. The van der Waals surface area contributed by atoms with E-state index in [1.54, 1.807) is 11.1 Å². The van der Waals surface area contributed by atoms with Crippen LogP contribution in [0, 0.1) is 32.5 Å². The van der Waals surface area contributed by atoms with E-state index >= 15 is 0 Å². The zero-order valence-corrected chi connectivity index (χ0v) is 23.3. The molecule has 0 radical (unpaired) electrons. The first kappa shape index (κ1) is 22.4. The Bertz CT molecular complexity index is 1090. The molecule has 2 aromatic carbocycles. The Kier molecular flexibility index (Phi) is 3.96. The zero-order valence-electron chi connectivity index (χ0n) is 23.3. The van der Waals surface area contributed by atoms with Gasteiger partial charge < -0.3 is 0 Å². The van der Waals surface area contributed by atoms with Crippen molar-refractivity contribution in [1.29, 1.82) is 0 Å². The fourth-order valence-corrected chi connectivity index (χ4v) is 14.7. The van der Waals surface area contributed by atoms with Crippen LogP contribution in [0.15, 0.2) is 60.7 Å². The molecule has 4 atom stereocenters. The van der Waals surface area contributed by atoms with Gasteiger partial charge in [0.05, 0.1) is 0 Å². The van der Waals surface area contributed by atoms with Crippen LogP contribution in [0.4, 0.5) is 0 Å². The molecule has 8 aliphatic carbocycles. The van der Waals surface area contributed by atoms with Crippen molar-refractivity contribution in [3.8, 4) is 0 Å². The summed E-state index contributed by atoms with van der Waals surface area (Å²) in [6.07, 6.45) is 17.6. The summed E-state index contributed by atoms with van der Waals surface area (Å²) in [5, 5.41) is 0. The summed E-state index contributed by atoms with van der Waals surface area (Å²) < 4.78 is 0. The van der Waals surface area contributed by atoms with Crippen LogP contribution in [0.1, 0.15) is 116 Å². The molecule has 0 N–H and O–H groups in total. The molecular formula is C36H46. The first-order valence-corrected chi connectivity index (χ1v) is 15.1. The second-order valence-electron chi connectivity index (χ2n) is 17.2. The Morgan fingerprint density at radius 2 is 0.667 bits per heavy atom. The lowest BCUT2D eigenvalue weighted by Gasteiger charge is -2.80. The average molecular weight is 479 g/mol. The van der Waals surface area contributed by atoms with Crippen LogP contribution < -0.4 is 0 Å². The van der Waals surface area contributed by atoms with E-state index in [9.17, 15) is 0 Å². The standard InChI is InChI=1S/C36H46/c1-29-15-30(2)18-33(17-29,27-11-7-5-8-12-27)25-35(21-29,22-30)36-23-31(3)16-32(4,24-36)20-34(19-31,26-36)28-13-9-6-10-14-28/h5-14H,15-26H2,1-4H3. The maximum absolute atomic E-state index is 2.71. The third kappa shape index (κ3) is 2.78. The van der Waals surface area contributed by atoms with Gasteiger partial charge >= 0.3 is 0 Å². The highest BCUT2D eigenvalue weighted by Crippen LogP contribution is 2.85. The highest BCUT2D eigenvalue weighted by Gasteiger charge is 2.76. The van der Waals surface area contributed by atoms with Gasteiger partial charge in [-0.2, -0.15) is 0 Å². The Morgan fingerprint density at radius 3 is 0.972 bits per heavy atom. The predicted octanol–water partition coefficient (Wildman–Crippen LogP) is 9.62. The fraction of sp³-hybridized carbons (Fsp3) is 0.667. The minimum Gasteiger partial charge on any atom is -0.0622 e. The smallest absolute Gasteiger partial charge is 0.00311 e. The number of hydrogen-bond acceptors (Lipinski definition) is 0. The largest absolute Gasteiger partial charge is 0.0622 e. The van der Waals surface area contributed by atoms with Gasteiger partial charge in [-0.05, 0) is 131 Å². The lowest BCUT2D eigenvalue weighted by Crippen LogP contribution is -2.71. The molecule has 8 aliphatic rings. The van der Waals surface area contributed by atoms with Gasteiger partial charge in [0.15, 0.2) is 0 Å². The molecule has 8 saturated carbocycles. The Balaban J connectivity index is 1.33. The molecule has 0 amide bonds. The van der Waals surface area contributed by atoms with Crippen LogP contribution in [0.5, 0.6) is 0 Å². The van der Waals surface area contributed by atoms with E-state index in [0.29, 0.717) is 43.3 Å². The van der Waals surface area contributed by atoms with Crippen LogP contribution >= 0.6 is 0 Å². The molecule has 8 fully saturated rings. The van der Waals surface area contributed by atoms with E-state index in [0.717, 1.165) is 0 Å².